The van der Waals surface area contributed by atoms with Crippen molar-refractivity contribution in [1.82, 2.24) is 29.1 Å². The molecule has 2 aromatic heterocycles. The summed E-state index contributed by atoms with van der Waals surface area (Å²) in [6.45, 7) is 0.274. The lowest BCUT2D eigenvalue weighted by atomic mass is 9.89. The number of nitrogens with zero attached hydrogens (tertiary/aromatic N) is 6. The second kappa shape index (κ2) is 12.6. The highest BCUT2D eigenvalue weighted by molar-refractivity contribution is 6.03. The fraction of sp³-hybridized carbons (Fsp3) is 0.189. The van der Waals surface area contributed by atoms with Gasteiger partial charge in [0.2, 0.25) is 0 Å². The standard InChI is InChI=1S/C37H31F3N8O/c38-26-7-1-3-10-30(26)48-37(49)25-22-46(31-11-4-2-9-29(31)44-36-28(40)8-5-18-41-36)32-17-16-27(39)35(33(32)34(25)45-48)42-21-23-12-14-24(15-13-23)47-20-6-19-43-47/h1,3,5-8,10,12-20,22,29,31,42H,2,4,9,11,21H2,(H,41,44)/t29-,31?/m0/s1. The summed E-state index contributed by atoms with van der Waals surface area (Å²) < 4.78 is 50.4. The maximum absolute atomic E-state index is 16.0. The third-order valence-electron chi connectivity index (χ3n) is 9.22. The van der Waals surface area contributed by atoms with Crippen molar-refractivity contribution in [1.29, 1.82) is 0 Å². The van der Waals surface area contributed by atoms with Crippen LogP contribution in [0.2, 0.25) is 0 Å². The van der Waals surface area contributed by atoms with Crippen molar-refractivity contribution in [3.63, 3.8) is 0 Å². The summed E-state index contributed by atoms with van der Waals surface area (Å²) >= 11 is 0. The molecule has 49 heavy (non-hydrogen) atoms. The molecule has 2 atom stereocenters. The monoisotopic (exact) mass is 660 g/mol. The van der Waals surface area contributed by atoms with Gasteiger partial charge in [0.1, 0.15) is 23.0 Å². The molecule has 5 aromatic rings. The van der Waals surface area contributed by atoms with Gasteiger partial charge in [0.05, 0.1) is 33.9 Å². The van der Waals surface area contributed by atoms with Crippen LogP contribution in [0.25, 0.3) is 33.5 Å². The molecule has 0 amide bonds. The Hall–Kier alpha value is -5.91. The molecule has 0 radical (unpaired) electrons. The van der Waals surface area contributed by atoms with E-state index in [0.717, 1.165) is 41.6 Å². The number of para-hydroxylation sites is 1. The Kier molecular flexibility index (Phi) is 7.83. The van der Waals surface area contributed by atoms with E-state index in [2.05, 4.69) is 25.8 Å². The van der Waals surface area contributed by atoms with Crippen molar-refractivity contribution in [2.45, 2.75) is 44.3 Å². The van der Waals surface area contributed by atoms with Gasteiger partial charge >= 0.3 is 0 Å². The van der Waals surface area contributed by atoms with Crippen molar-refractivity contribution in [2.24, 2.45) is 0 Å². The van der Waals surface area contributed by atoms with E-state index >= 15 is 8.78 Å². The first-order valence-corrected chi connectivity index (χ1v) is 16.2. The Labute approximate surface area is 279 Å². The minimum absolute atomic E-state index is 0.00517. The number of rotatable bonds is 8. The van der Waals surface area contributed by atoms with Crippen LogP contribution in [0.15, 0.2) is 108 Å². The van der Waals surface area contributed by atoms with Gasteiger partial charge in [-0.05, 0) is 73.0 Å². The van der Waals surface area contributed by atoms with Crippen LogP contribution in [-0.2, 0) is 6.54 Å². The van der Waals surface area contributed by atoms with E-state index in [1.807, 2.05) is 41.1 Å². The summed E-state index contributed by atoms with van der Waals surface area (Å²) in [6, 6.07) is 20.9. The summed E-state index contributed by atoms with van der Waals surface area (Å²) in [5, 5.41) is 15.8. The molecule has 1 unspecified atom stereocenters. The number of aromatic nitrogens is 6. The Morgan fingerprint density at radius 2 is 1.65 bits per heavy atom. The van der Waals surface area contributed by atoms with Crippen LogP contribution >= 0.6 is 0 Å². The Morgan fingerprint density at radius 3 is 2.45 bits per heavy atom. The van der Waals surface area contributed by atoms with E-state index in [1.54, 1.807) is 29.2 Å². The van der Waals surface area contributed by atoms with E-state index in [1.165, 1.54) is 42.6 Å². The first-order chi connectivity index (χ1) is 24.0. The van der Waals surface area contributed by atoms with Gasteiger partial charge in [-0.15, -0.1) is 0 Å². The SMILES string of the molecule is O=c1c2cn(C3CCCC[C@@H]3Nc3ncccc3F)c3ccc(F)c(NCc4ccc(-n5cccn5)cc4)c3c-2nn1-c1ccccc1F. The molecule has 246 valence electrons. The minimum Gasteiger partial charge on any atom is -0.378 e. The van der Waals surface area contributed by atoms with Crippen molar-refractivity contribution in [3.8, 4) is 22.6 Å². The molecule has 3 aliphatic rings. The average Bonchev–Trinajstić information content (AvgIpc) is 3.78. The van der Waals surface area contributed by atoms with Gasteiger partial charge in [0.25, 0.3) is 5.56 Å². The lowest BCUT2D eigenvalue weighted by Gasteiger charge is -2.35. The molecule has 0 saturated heterocycles. The number of hydrogen-bond donors (Lipinski definition) is 2. The first kappa shape index (κ1) is 30.4. The quantitative estimate of drug-likeness (QED) is 0.175. The maximum atomic E-state index is 16.0. The molecule has 8 rings (SSSR count). The third kappa shape index (κ3) is 5.58. The Balaban J connectivity index is 1.27. The van der Waals surface area contributed by atoms with Crippen LogP contribution in [0.5, 0.6) is 0 Å². The predicted molar refractivity (Wildman–Crippen MR) is 182 cm³/mol. The first-order valence-electron chi connectivity index (χ1n) is 16.2. The molecule has 4 heterocycles. The van der Waals surface area contributed by atoms with Crippen molar-refractivity contribution >= 4 is 22.4 Å². The maximum Gasteiger partial charge on any atom is 0.282 e. The molecule has 0 spiro atoms. The van der Waals surface area contributed by atoms with Crippen LogP contribution in [-0.4, -0.2) is 35.2 Å². The largest absolute Gasteiger partial charge is 0.378 e. The summed E-state index contributed by atoms with van der Waals surface area (Å²) in [5.41, 5.74) is 2.49. The molecule has 1 saturated carbocycles. The van der Waals surface area contributed by atoms with E-state index in [-0.39, 0.29) is 47.1 Å². The van der Waals surface area contributed by atoms with E-state index in [0.29, 0.717) is 10.9 Å². The zero-order valence-electron chi connectivity index (χ0n) is 26.2. The van der Waals surface area contributed by atoms with Gasteiger partial charge in [0, 0.05) is 37.4 Å². The number of fused-ring (bicyclic) bond motifs is 3. The van der Waals surface area contributed by atoms with Crippen LogP contribution in [0, 0.1) is 17.5 Å². The number of nitrogens with one attached hydrogen (secondary N) is 2. The fourth-order valence-electron chi connectivity index (χ4n) is 6.84. The number of hydrogen-bond acceptors (Lipinski definition) is 6. The van der Waals surface area contributed by atoms with Crippen LogP contribution in [0.4, 0.5) is 24.7 Å². The highest BCUT2D eigenvalue weighted by Crippen LogP contribution is 2.40. The van der Waals surface area contributed by atoms with E-state index in [9.17, 15) is 9.18 Å². The van der Waals surface area contributed by atoms with Crippen molar-refractivity contribution in [2.75, 3.05) is 10.6 Å². The van der Waals surface area contributed by atoms with Gasteiger partial charge in [-0.3, -0.25) is 4.79 Å². The molecular weight excluding hydrogens is 629 g/mol. The van der Waals surface area contributed by atoms with Gasteiger partial charge in [-0.25, -0.2) is 22.8 Å². The average molecular weight is 661 g/mol. The van der Waals surface area contributed by atoms with Gasteiger partial charge in [0.15, 0.2) is 11.6 Å². The molecule has 3 aromatic carbocycles. The smallest absolute Gasteiger partial charge is 0.282 e. The van der Waals surface area contributed by atoms with Gasteiger partial charge in [-0.2, -0.15) is 14.9 Å². The van der Waals surface area contributed by atoms with E-state index < -0.39 is 23.0 Å². The Morgan fingerprint density at radius 1 is 0.837 bits per heavy atom. The highest BCUT2D eigenvalue weighted by Gasteiger charge is 2.32. The number of benzene rings is 3. The normalized spacial score (nSPS) is 16.3. The molecule has 0 bridgehead atoms. The van der Waals surface area contributed by atoms with Gasteiger partial charge in [-0.1, -0.05) is 37.1 Å². The van der Waals surface area contributed by atoms with Crippen LogP contribution in [0.1, 0.15) is 37.3 Å². The van der Waals surface area contributed by atoms with Gasteiger partial charge < -0.3 is 15.2 Å². The molecule has 2 N–H and O–H groups in total. The number of pyridine rings is 2. The fourth-order valence-corrected chi connectivity index (χ4v) is 6.84. The number of halogens is 3. The summed E-state index contributed by atoms with van der Waals surface area (Å²) in [4.78, 5) is 18.2. The van der Waals surface area contributed by atoms with Crippen LogP contribution in [0.3, 0.4) is 0 Å². The summed E-state index contributed by atoms with van der Waals surface area (Å²) in [6.07, 6.45) is 10.1. The van der Waals surface area contributed by atoms with Crippen molar-refractivity contribution in [3.05, 3.63) is 137 Å². The molecule has 1 aliphatic carbocycles. The number of anilines is 2. The minimum atomic E-state index is -0.610. The second-order valence-corrected chi connectivity index (χ2v) is 12.2. The zero-order chi connectivity index (χ0) is 33.5. The Bertz CT molecular complexity index is 2300. The third-order valence-corrected chi connectivity index (χ3v) is 9.22. The lowest BCUT2D eigenvalue weighted by Crippen LogP contribution is -2.35. The summed E-state index contributed by atoms with van der Waals surface area (Å²) in [5.74, 6) is -1.45. The molecular formula is C37H31F3N8O. The molecule has 9 nitrogen and oxygen atoms in total. The topological polar surface area (TPSA) is 94.6 Å². The molecule has 2 aliphatic heterocycles. The zero-order valence-corrected chi connectivity index (χ0v) is 26.2. The summed E-state index contributed by atoms with van der Waals surface area (Å²) in [7, 11) is 0. The lowest BCUT2D eigenvalue weighted by molar-refractivity contribution is 0.327. The molecule has 1 fully saturated rings. The van der Waals surface area contributed by atoms with E-state index in [4.69, 9.17) is 0 Å². The predicted octanol–water partition coefficient (Wildman–Crippen LogP) is 7.50. The molecule has 12 heteroatoms. The van der Waals surface area contributed by atoms with Crippen molar-refractivity contribution < 1.29 is 13.2 Å². The second-order valence-electron chi connectivity index (χ2n) is 12.2. The highest BCUT2D eigenvalue weighted by atomic mass is 19.1. The van der Waals surface area contributed by atoms with Crippen LogP contribution < -0.4 is 16.2 Å².